The molecule has 23 heavy (non-hydrogen) atoms. The van der Waals surface area contributed by atoms with E-state index >= 15 is 0 Å². The molecule has 3 rings (SSSR count). The molecule has 1 aliphatic rings. The first-order valence-corrected chi connectivity index (χ1v) is 7.89. The Kier molecular flexibility index (Phi) is 4.37. The third-order valence-corrected chi connectivity index (χ3v) is 4.53. The maximum atomic E-state index is 13.1. The van der Waals surface area contributed by atoms with Gasteiger partial charge >= 0.3 is 0 Å². The molecule has 1 saturated carbocycles. The molecule has 0 radical (unpaired) electrons. The van der Waals surface area contributed by atoms with Gasteiger partial charge in [0.25, 0.3) is 5.91 Å². The van der Waals surface area contributed by atoms with E-state index in [0.29, 0.717) is 0 Å². The Morgan fingerprint density at radius 1 is 1.26 bits per heavy atom. The quantitative estimate of drug-likeness (QED) is 0.879. The van der Waals surface area contributed by atoms with Crippen molar-refractivity contribution < 1.29 is 14.3 Å². The molecule has 2 N–H and O–H groups in total. The topological polar surface area (TPSA) is 49.3 Å². The van der Waals surface area contributed by atoms with E-state index in [1.807, 2.05) is 30.3 Å². The van der Waals surface area contributed by atoms with Crippen molar-refractivity contribution in [2.75, 3.05) is 6.54 Å². The third kappa shape index (κ3) is 3.38. The number of halogens is 2. The Labute approximate surface area is 139 Å². The lowest BCUT2D eigenvalue weighted by atomic mass is 9.88. The van der Waals surface area contributed by atoms with Crippen LogP contribution in [0.5, 0.6) is 0 Å². The van der Waals surface area contributed by atoms with E-state index in [1.54, 1.807) is 0 Å². The molecule has 0 aromatic heterocycles. The molecular weight excluding hydrogens is 317 g/mol. The van der Waals surface area contributed by atoms with Gasteiger partial charge in [-0.05, 0) is 42.5 Å². The van der Waals surface area contributed by atoms with E-state index in [0.717, 1.165) is 24.5 Å². The minimum atomic E-state index is -1.09. The zero-order chi connectivity index (χ0) is 16.4. The summed E-state index contributed by atoms with van der Waals surface area (Å²) in [6.07, 6.45) is 1.86. The Morgan fingerprint density at radius 2 is 1.96 bits per heavy atom. The van der Waals surface area contributed by atoms with Crippen LogP contribution in [0, 0.1) is 11.7 Å². The average molecular weight is 334 g/mol. The van der Waals surface area contributed by atoms with E-state index in [9.17, 15) is 14.3 Å². The summed E-state index contributed by atoms with van der Waals surface area (Å²) in [6.45, 7) is 0.0915. The molecule has 0 heterocycles. The Bertz CT molecular complexity index is 718. The van der Waals surface area contributed by atoms with Crippen LogP contribution in [0.3, 0.4) is 0 Å². The third-order valence-electron chi connectivity index (χ3n) is 4.22. The number of hydrogen-bond donors (Lipinski definition) is 2. The highest BCUT2D eigenvalue weighted by Crippen LogP contribution is 2.45. The average Bonchev–Trinajstić information content (AvgIpc) is 3.38. The number of carbonyl (C=O) groups is 1. The second kappa shape index (κ2) is 6.30. The summed E-state index contributed by atoms with van der Waals surface area (Å²) in [5.41, 5.74) is -0.115. The van der Waals surface area contributed by atoms with E-state index in [-0.39, 0.29) is 23.0 Å². The van der Waals surface area contributed by atoms with Crippen molar-refractivity contribution in [3.8, 4) is 0 Å². The standard InChI is InChI=1S/C18H17ClFNO2/c19-16-10-14(20)8-9-15(16)17(22)21-11-18(23,13-6-7-13)12-4-2-1-3-5-12/h1-5,8-10,13,23H,6-7,11H2,(H,21,22)/t18-/m1/s1. The van der Waals surface area contributed by atoms with Crippen molar-refractivity contribution in [1.82, 2.24) is 5.32 Å². The summed E-state index contributed by atoms with van der Waals surface area (Å²) in [7, 11) is 0. The molecule has 3 nitrogen and oxygen atoms in total. The number of benzene rings is 2. The predicted octanol–water partition coefficient (Wildman–Crippen LogP) is 3.51. The summed E-state index contributed by atoms with van der Waals surface area (Å²) in [4.78, 5) is 12.3. The molecule has 0 aliphatic heterocycles. The number of nitrogens with one attached hydrogen (secondary N) is 1. The Morgan fingerprint density at radius 3 is 2.57 bits per heavy atom. The van der Waals surface area contributed by atoms with Crippen LogP contribution in [0.25, 0.3) is 0 Å². The first kappa shape index (κ1) is 16.0. The van der Waals surface area contributed by atoms with Gasteiger partial charge in [-0.15, -0.1) is 0 Å². The molecule has 0 saturated heterocycles. The fraction of sp³-hybridized carbons (Fsp3) is 0.278. The van der Waals surface area contributed by atoms with Gasteiger partial charge < -0.3 is 10.4 Å². The fourth-order valence-electron chi connectivity index (χ4n) is 2.75. The zero-order valence-electron chi connectivity index (χ0n) is 12.4. The van der Waals surface area contributed by atoms with Gasteiger partial charge in [-0.25, -0.2) is 4.39 Å². The normalized spacial score (nSPS) is 16.7. The lowest BCUT2D eigenvalue weighted by molar-refractivity contribution is 0.0135. The maximum absolute atomic E-state index is 13.1. The molecule has 120 valence electrons. The van der Waals surface area contributed by atoms with Gasteiger partial charge in [0.2, 0.25) is 0 Å². The van der Waals surface area contributed by atoms with E-state index in [2.05, 4.69) is 5.32 Å². The first-order valence-electron chi connectivity index (χ1n) is 7.52. The van der Waals surface area contributed by atoms with E-state index < -0.39 is 17.3 Å². The molecule has 0 unspecified atom stereocenters. The van der Waals surface area contributed by atoms with Crippen LogP contribution < -0.4 is 5.32 Å². The number of aliphatic hydroxyl groups is 1. The molecule has 2 aromatic carbocycles. The fourth-order valence-corrected chi connectivity index (χ4v) is 3.01. The number of hydrogen-bond acceptors (Lipinski definition) is 2. The first-order chi connectivity index (χ1) is 11.0. The summed E-state index contributed by atoms with van der Waals surface area (Å²) >= 11 is 5.90. The van der Waals surface area contributed by atoms with Crippen LogP contribution in [-0.4, -0.2) is 17.6 Å². The second-order valence-corrected chi connectivity index (χ2v) is 6.28. The van der Waals surface area contributed by atoms with Gasteiger partial charge in [0.05, 0.1) is 17.1 Å². The van der Waals surface area contributed by atoms with Crippen molar-refractivity contribution in [3.05, 3.63) is 70.5 Å². The summed E-state index contributed by atoms with van der Waals surface area (Å²) in [5.74, 6) is -0.788. The zero-order valence-corrected chi connectivity index (χ0v) is 13.2. The molecule has 1 amide bonds. The summed E-state index contributed by atoms with van der Waals surface area (Å²) in [5, 5.41) is 13.8. The molecule has 1 fully saturated rings. The molecule has 1 atom stereocenters. The van der Waals surface area contributed by atoms with Gasteiger partial charge in [-0.2, -0.15) is 0 Å². The predicted molar refractivity (Wildman–Crippen MR) is 86.8 cm³/mol. The van der Waals surface area contributed by atoms with E-state index in [4.69, 9.17) is 11.6 Å². The summed E-state index contributed by atoms with van der Waals surface area (Å²) < 4.78 is 13.1. The van der Waals surface area contributed by atoms with E-state index in [1.165, 1.54) is 12.1 Å². The van der Waals surface area contributed by atoms with Crippen LogP contribution >= 0.6 is 11.6 Å². The minimum Gasteiger partial charge on any atom is -0.383 e. The number of carbonyl (C=O) groups excluding carboxylic acids is 1. The van der Waals surface area contributed by atoms with Crippen LogP contribution in [0.4, 0.5) is 4.39 Å². The van der Waals surface area contributed by atoms with Crippen molar-refractivity contribution in [1.29, 1.82) is 0 Å². The molecule has 0 bridgehead atoms. The Hall–Kier alpha value is -1.91. The SMILES string of the molecule is O=C(NC[C@@](O)(c1ccccc1)C1CC1)c1ccc(F)cc1Cl. The molecule has 0 spiro atoms. The van der Waals surface area contributed by atoms with Gasteiger partial charge in [-0.3, -0.25) is 4.79 Å². The van der Waals surface area contributed by atoms with Gasteiger partial charge in [0.1, 0.15) is 11.4 Å². The van der Waals surface area contributed by atoms with Gasteiger partial charge in [-0.1, -0.05) is 41.9 Å². The highest BCUT2D eigenvalue weighted by molar-refractivity contribution is 6.33. The van der Waals surface area contributed by atoms with Crippen molar-refractivity contribution in [3.63, 3.8) is 0 Å². The molecule has 1 aliphatic carbocycles. The monoisotopic (exact) mass is 333 g/mol. The molecular formula is C18H17ClFNO2. The van der Waals surface area contributed by atoms with Crippen molar-refractivity contribution in [2.24, 2.45) is 5.92 Å². The highest BCUT2D eigenvalue weighted by atomic mass is 35.5. The molecule has 5 heteroatoms. The summed E-state index contributed by atoms with van der Waals surface area (Å²) in [6, 6.07) is 12.9. The van der Waals surface area contributed by atoms with Gasteiger partial charge in [0, 0.05) is 0 Å². The Balaban J connectivity index is 1.76. The van der Waals surface area contributed by atoms with Crippen LogP contribution in [0.15, 0.2) is 48.5 Å². The molecule has 2 aromatic rings. The largest absolute Gasteiger partial charge is 0.383 e. The maximum Gasteiger partial charge on any atom is 0.252 e. The lowest BCUT2D eigenvalue weighted by Crippen LogP contribution is -2.42. The number of amides is 1. The minimum absolute atomic E-state index is 0.0529. The lowest BCUT2D eigenvalue weighted by Gasteiger charge is -2.29. The van der Waals surface area contributed by atoms with Crippen LogP contribution in [-0.2, 0) is 5.60 Å². The van der Waals surface area contributed by atoms with Crippen LogP contribution in [0.1, 0.15) is 28.8 Å². The highest BCUT2D eigenvalue weighted by Gasteiger charge is 2.45. The smallest absolute Gasteiger partial charge is 0.252 e. The van der Waals surface area contributed by atoms with Crippen LogP contribution in [0.2, 0.25) is 5.02 Å². The second-order valence-electron chi connectivity index (χ2n) is 5.87. The van der Waals surface area contributed by atoms with Crippen molar-refractivity contribution >= 4 is 17.5 Å². The van der Waals surface area contributed by atoms with Crippen molar-refractivity contribution in [2.45, 2.75) is 18.4 Å². The van der Waals surface area contributed by atoms with Gasteiger partial charge in [0.15, 0.2) is 0 Å². The number of rotatable bonds is 5.